The molecule has 0 aliphatic heterocycles. The van der Waals surface area contributed by atoms with Gasteiger partial charge in [0.05, 0.1) is 10.6 Å². The lowest BCUT2D eigenvalue weighted by Crippen LogP contribution is -2.34. The highest BCUT2D eigenvalue weighted by atomic mass is 32.2. The van der Waals surface area contributed by atoms with Crippen LogP contribution in [0, 0.1) is 5.92 Å². The van der Waals surface area contributed by atoms with Gasteiger partial charge in [0.2, 0.25) is 9.84 Å². The number of hydrogen-bond donors (Lipinski definition) is 1. The zero-order valence-electron chi connectivity index (χ0n) is 11.7. The number of carboxylic acids is 1. The Morgan fingerprint density at radius 2 is 1.86 bits per heavy atom. The quantitative estimate of drug-likeness (QED) is 0.833. The number of sulfone groups is 1. The molecule has 0 heterocycles. The van der Waals surface area contributed by atoms with Gasteiger partial charge in [0.25, 0.3) is 0 Å². The lowest BCUT2D eigenvalue weighted by molar-refractivity contribution is -0.135. The van der Waals surface area contributed by atoms with Crippen LogP contribution in [0.3, 0.4) is 0 Å². The van der Waals surface area contributed by atoms with Crippen LogP contribution in [0.25, 0.3) is 0 Å². The van der Waals surface area contributed by atoms with Crippen LogP contribution < -0.4 is 4.90 Å². The number of carbonyl (C=O) groups is 1. The Morgan fingerprint density at radius 1 is 1.29 bits per heavy atom. The maximum atomic E-state index is 12.7. The van der Waals surface area contributed by atoms with E-state index in [9.17, 15) is 22.0 Å². The molecule has 118 valence electrons. The van der Waals surface area contributed by atoms with Crippen LogP contribution in [-0.4, -0.2) is 38.3 Å². The van der Waals surface area contributed by atoms with Crippen LogP contribution in [0.15, 0.2) is 29.2 Å². The van der Waals surface area contributed by atoms with Crippen molar-refractivity contribution in [1.82, 2.24) is 0 Å². The molecule has 0 radical (unpaired) electrons. The van der Waals surface area contributed by atoms with Gasteiger partial charge in [-0.15, -0.1) is 0 Å². The Balaban J connectivity index is 3.35. The van der Waals surface area contributed by atoms with Crippen molar-refractivity contribution in [2.75, 3.05) is 18.0 Å². The van der Waals surface area contributed by atoms with E-state index in [4.69, 9.17) is 5.11 Å². The molecular formula is C13H17F2NO4S. The standard InChI is InChI=1S/C13H17F2NO4S/c1-9(2)7-16(8-12(17)18)10-5-3-4-6-11(10)21(19,20)13(14)15/h3-6,9,13H,7-8H2,1-2H3,(H,17,18). The first-order chi connectivity index (χ1) is 9.66. The van der Waals surface area contributed by atoms with Crippen LogP contribution in [0.2, 0.25) is 0 Å². The lowest BCUT2D eigenvalue weighted by atomic mass is 10.2. The second kappa shape index (κ2) is 6.84. The van der Waals surface area contributed by atoms with Crippen molar-refractivity contribution in [2.45, 2.75) is 24.5 Å². The Hall–Kier alpha value is -1.70. The predicted molar refractivity (Wildman–Crippen MR) is 74.3 cm³/mol. The van der Waals surface area contributed by atoms with E-state index in [1.807, 2.05) is 13.8 Å². The van der Waals surface area contributed by atoms with Crippen LogP contribution in [0.1, 0.15) is 13.8 Å². The van der Waals surface area contributed by atoms with Gasteiger partial charge < -0.3 is 10.0 Å². The predicted octanol–water partition coefficient (Wildman–Crippen LogP) is 2.23. The van der Waals surface area contributed by atoms with Gasteiger partial charge in [-0.1, -0.05) is 26.0 Å². The Morgan fingerprint density at radius 3 is 2.33 bits per heavy atom. The number of hydrogen-bond acceptors (Lipinski definition) is 4. The fourth-order valence-electron chi connectivity index (χ4n) is 1.91. The Bertz CT molecular complexity index is 602. The van der Waals surface area contributed by atoms with E-state index in [-0.39, 0.29) is 18.2 Å². The molecule has 0 aromatic heterocycles. The third-order valence-corrected chi connectivity index (χ3v) is 4.09. The summed E-state index contributed by atoms with van der Waals surface area (Å²) in [7, 11) is -4.79. The van der Waals surface area contributed by atoms with Crippen molar-refractivity contribution in [1.29, 1.82) is 0 Å². The molecule has 0 aliphatic carbocycles. The summed E-state index contributed by atoms with van der Waals surface area (Å²) in [6.07, 6.45) is 0. The van der Waals surface area contributed by atoms with Crippen LogP contribution >= 0.6 is 0 Å². The fourth-order valence-corrected chi connectivity index (χ4v) is 2.86. The number of anilines is 1. The van der Waals surface area contributed by atoms with E-state index in [0.717, 1.165) is 6.07 Å². The molecule has 0 unspecified atom stereocenters. The average molecular weight is 321 g/mol. The zero-order chi connectivity index (χ0) is 16.2. The van der Waals surface area contributed by atoms with Gasteiger partial charge in [-0.25, -0.2) is 8.42 Å². The molecule has 0 amide bonds. The normalized spacial score (nSPS) is 11.9. The maximum Gasteiger partial charge on any atom is 0.341 e. The van der Waals surface area contributed by atoms with E-state index in [1.54, 1.807) is 0 Å². The minimum Gasteiger partial charge on any atom is -0.480 e. The van der Waals surface area contributed by atoms with Crippen molar-refractivity contribution >= 4 is 21.5 Å². The topological polar surface area (TPSA) is 74.7 Å². The van der Waals surface area contributed by atoms with Gasteiger partial charge in [-0.3, -0.25) is 4.79 Å². The molecule has 0 saturated heterocycles. The van der Waals surface area contributed by atoms with E-state index < -0.39 is 33.0 Å². The van der Waals surface area contributed by atoms with Gasteiger partial charge in [0, 0.05) is 6.54 Å². The monoisotopic (exact) mass is 321 g/mol. The van der Waals surface area contributed by atoms with Crippen molar-refractivity contribution in [3.05, 3.63) is 24.3 Å². The summed E-state index contributed by atoms with van der Waals surface area (Å²) in [6, 6.07) is 5.20. The molecule has 5 nitrogen and oxygen atoms in total. The summed E-state index contributed by atoms with van der Waals surface area (Å²) in [5, 5.41) is 8.92. The van der Waals surface area contributed by atoms with E-state index in [2.05, 4.69) is 0 Å². The molecule has 0 atom stereocenters. The number of nitrogens with zero attached hydrogens (tertiary/aromatic N) is 1. The number of benzene rings is 1. The number of aliphatic carboxylic acids is 1. The molecular weight excluding hydrogens is 304 g/mol. The number of rotatable bonds is 7. The first-order valence-electron chi connectivity index (χ1n) is 6.24. The van der Waals surface area contributed by atoms with Crippen LogP contribution in [0.5, 0.6) is 0 Å². The summed E-state index contributed by atoms with van der Waals surface area (Å²) in [5.74, 6) is -4.68. The average Bonchev–Trinajstić information content (AvgIpc) is 2.36. The van der Waals surface area contributed by atoms with Gasteiger partial charge in [-0.05, 0) is 18.1 Å². The second-order valence-corrected chi connectivity index (χ2v) is 6.83. The van der Waals surface area contributed by atoms with Crippen molar-refractivity contribution in [2.24, 2.45) is 5.92 Å². The molecule has 1 aromatic carbocycles. The molecule has 21 heavy (non-hydrogen) atoms. The molecule has 0 spiro atoms. The molecule has 0 saturated carbocycles. The fraction of sp³-hybridized carbons (Fsp3) is 0.462. The molecule has 1 aromatic rings. The first kappa shape index (κ1) is 17.4. The summed E-state index contributed by atoms with van der Waals surface area (Å²) < 4.78 is 48.9. The highest BCUT2D eigenvalue weighted by Crippen LogP contribution is 2.29. The van der Waals surface area contributed by atoms with Gasteiger partial charge in [0.15, 0.2) is 0 Å². The Labute approximate surface area is 122 Å². The molecule has 8 heteroatoms. The summed E-state index contributed by atoms with van der Waals surface area (Å²) >= 11 is 0. The molecule has 1 rings (SSSR count). The minimum atomic E-state index is -4.79. The highest BCUT2D eigenvalue weighted by Gasteiger charge is 2.31. The molecule has 0 aliphatic rings. The molecule has 0 fully saturated rings. The first-order valence-corrected chi connectivity index (χ1v) is 7.78. The Kier molecular flexibility index (Phi) is 5.65. The maximum absolute atomic E-state index is 12.7. The van der Waals surface area contributed by atoms with Crippen molar-refractivity contribution in [3.8, 4) is 0 Å². The third-order valence-electron chi connectivity index (χ3n) is 2.66. The number of halogens is 2. The largest absolute Gasteiger partial charge is 0.480 e. The second-order valence-electron chi connectivity index (χ2n) is 4.94. The lowest BCUT2D eigenvalue weighted by Gasteiger charge is -2.26. The van der Waals surface area contributed by atoms with E-state index in [1.165, 1.54) is 23.1 Å². The van der Waals surface area contributed by atoms with Crippen molar-refractivity contribution < 1.29 is 27.1 Å². The van der Waals surface area contributed by atoms with Crippen LogP contribution in [0.4, 0.5) is 14.5 Å². The van der Waals surface area contributed by atoms with Gasteiger partial charge >= 0.3 is 11.7 Å². The summed E-state index contributed by atoms with van der Waals surface area (Å²) in [6.45, 7) is 3.41. The van der Waals surface area contributed by atoms with Gasteiger partial charge in [0.1, 0.15) is 6.54 Å². The number of carboxylic acid groups (broad SMARTS) is 1. The van der Waals surface area contributed by atoms with E-state index >= 15 is 0 Å². The smallest absolute Gasteiger partial charge is 0.341 e. The minimum absolute atomic E-state index is 0.0195. The molecule has 1 N–H and O–H groups in total. The SMILES string of the molecule is CC(C)CN(CC(=O)O)c1ccccc1S(=O)(=O)C(F)F. The molecule has 0 bridgehead atoms. The third kappa shape index (κ3) is 4.38. The summed E-state index contributed by atoms with van der Waals surface area (Å²) in [5.41, 5.74) is -0.0195. The van der Waals surface area contributed by atoms with E-state index in [0.29, 0.717) is 0 Å². The highest BCUT2D eigenvalue weighted by molar-refractivity contribution is 7.91. The zero-order valence-corrected chi connectivity index (χ0v) is 12.5. The number of para-hydroxylation sites is 1. The number of alkyl halides is 2. The van der Waals surface area contributed by atoms with Crippen molar-refractivity contribution in [3.63, 3.8) is 0 Å². The summed E-state index contributed by atoms with van der Waals surface area (Å²) in [4.78, 5) is 11.6. The van der Waals surface area contributed by atoms with Gasteiger partial charge in [-0.2, -0.15) is 8.78 Å². The van der Waals surface area contributed by atoms with Crippen LogP contribution in [-0.2, 0) is 14.6 Å².